The number of nitrogens with zero attached hydrogens (tertiary/aromatic N) is 1. The molecule has 0 aromatic carbocycles. The second-order valence-electron chi connectivity index (χ2n) is 6.97. The highest BCUT2D eigenvalue weighted by Crippen LogP contribution is 2.30. The minimum Gasteiger partial charge on any atom is -0.369 e. The van der Waals surface area contributed by atoms with Crippen LogP contribution in [0.3, 0.4) is 0 Å². The van der Waals surface area contributed by atoms with E-state index < -0.39 is 0 Å². The Morgan fingerprint density at radius 3 is 2.65 bits per heavy atom. The van der Waals surface area contributed by atoms with Gasteiger partial charge in [-0.25, -0.2) is 0 Å². The number of hydrogen-bond acceptors (Lipinski definition) is 3. The molecule has 2 atom stereocenters. The van der Waals surface area contributed by atoms with Crippen molar-refractivity contribution in [1.82, 2.24) is 5.32 Å². The van der Waals surface area contributed by atoms with E-state index in [0.717, 1.165) is 17.9 Å². The summed E-state index contributed by atoms with van der Waals surface area (Å²) in [6.07, 6.45) is 6.98. The topological polar surface area (TPSA) is 15.3 Å². The van der Waals surface area contributed by atoms with Crippen molar-refractivity contribution in [3.8, 4) is 0 Å². The lowest BCUT2D eigenvalue weighted by Crippen LogP contribution is -2.52. The maximum Gasteiger partial charge on any atom is 0.0475 e. The van der Waals surface area contributed by atoms with Crippen LogP contribution in [0, 0.1) is 11.8 Å². The van der Waals surface area contributed by atoms with E-state index in [0.29, 0.717) is 6.04 Å². The summed E-state index contributed by atoms with van der Waals surface area (Å²) in [6, 6.07) is 3.74. The van der Waals surface area contributed by atoms with Gasteiger partial charge in [-0.15, -0.1) is 0 Å². The monoisotopic (exact) mass is 292 g/mol. The molecule has 1 aromatic heterocycles. The Bertz CT molecular complexity index is 393. The average molecular weight is 292 g/mol. The molecule has 2 aliphatic rings. The third-order valence-corrected chi connectivity index (χ3v) is 5.79. The molecule has 0 radical (unpaired) electrons. The number of piperidine rings is 1. The first-order chi connectivity index (χ1) is 9.72. The van der Waals surface area contributed by atoms with E-state index in [1.165, 1.54) is 50.9 Å². The average Bonchev–Trinajstić information content (AvgIpc) is 3.11. The molecule has 2 fully saturated rings. The number of anilines is 1. The zero-order valence-corrected chi connectivity index (χ0v) is 13.7. The standard InChI is InChI=1S/C17H28N2S/c1-13(2)14-9-16(18-15-5-3-4-6-15)11-19(10-14)17-7-8-20-12-17/h7-8,12-16,18H,3-6,9-11H2,1-2H3. The Labute approximate surface area is 127 Å². The molecule has 3 rings (SSSR count). The van der Waals surface area contributed by atoms with Crippen LogP contribution in [0.2, 0.25) is 0 Å². The van der Waals surface area contributed by atoms with Gasteiger partial charge >= 0.3 is 0 Å². The van der Waals surface area contributed by atoms with Crippen LogP contribution in [0.5, 0.6) is 0 Å². The summed E-state index contributed by atoms with van der Waals surface area (Å²) in [6.45, 7) is 7.19. The first-order valence-electron chi connectivity index (χ1n) is 8.25. The van der Waals surface area contributed by atoms with Crippen molar-refractivity contribution in [3.05, 3.63) is 16.8 Å². The number of nitrogens with one attached hydrogen (secondary N) is 1. The predicted molar refractivity (Wildman–Crippen MR) is 88.7 cm³/mol. The molecule has 2 heterocycles. The second-order valence-corrected chi connectivity index (χ2v) is 7.75. The lowest BCUT2D eigenvalue weighted by atomic mass is 9.85. The van der Waals surface area contributed by atoms with Crippen molar-refractivity contribution in [1.29, 1.82) is 0 Å². The highest BCUT2D eigenvalue weighted by atomic mass is 32.1. The van der Waals surface area contributed by atoms with Gasteiger partial charge in [-0.1, -0.05) is 26.7 Å². The molecule has 1 N–H and O–H groups in total. The van der Waals surface area contributed by atoms with Crippen molar-refractivity contribution in [2.45, 2.75) is 58.0 Å². The third-order valence-electron chi connectivity index (χ3n) is 5.12. The van der Waals surface area contributed by atoms with Crippen LogP contribution in [-0.4, -0.2) is 25.2 Å². The molecule has 1 saturated heterocycles. The molecule has 2 nitrogen and oxygen atoms in total. The zero-order valence-electron chi connectivity index (χ0n) is 12.8. The fourth-order valence-corrected chi connectivity index (χ4v) is 4.48. The molecule has 0 bridgehead atoms. The Hall–Kier alpha value is -0.540. The van der Waals surface area contributed by atoms with Crippen LogP contribution in [0.25, 0.3) is 0 Å². The molecule has 112 valence electrons. The Morgan fingerprint density at radius 2 is 2.00 bits per heavy atom. The summed E-state index contributed by atoms with van der Waals surface area (Å²) >= 11 is 1.81. The lowest BCUT2D eigenvalue weighted by molar-refractivity contribution is 0.259. The molecule has 1 saturated carbocycles. The number of hydrogen-bond donors (Lipinski definition) is 1. The molecule has 1 aliphatic carbocycles. The van der Waals surface area contributed by atoms with Crippen LogP contribution in [0.1, 0.15) is 46.0 Å². The van der Waals surface area contributed by atoms with E-state index in [1.807, 2.05) is 11.3 Å². The second kappa shape index (κ2) is 6.48. The van der Waals surface area contributed by atoms with Gasteiger partial charge in [-0.2, -0.15) is 11.3 Å². The summed E-state index contributed by atoms with van der Waals surface area (Å²) in [4.78, 5) is 2.61. The fraction of sp³-hybridized carbons (Fsp3) is 0.765. The van der Waals surface area contributed by atoms with E-state index >= 15 is 0 Å². The normalized spacial score (nSPS) is 28.4. The fourth-order valence-electron chi connectivity index (χ4n) is 3.82. The third kappa shape index (κ3) is 3.37. The van der Waals surface area contributed by atoms with E-state index in [9.17, 15) is 0 Å². The quantitative estimate of drug-likeness (QED) is 0.897. The maximum atomic E-state index is 3.96. The molecule has 3 heteroatoms. The zero-order chi connectivity index (χ0) is 13.9. The van der Waals surface area contributed by atoms with Crippen molar-refractivity contribution in [3.63, 3.8) is 0 Å². The van der Waals surface area contributed by atoms with Crippen LogP contribution in [0.15, 0.2) is 16.8 Å². The van der Waals surface area contributed by atoms with Crippen molar-refractivity contribution in [2.24, 2.45) is 11.8 Å². The summed E-state index contributed by atoms with van der Waals surface area (Å²) in [5, 5.41) is 8.46. The summed E-state index contributed by atoms with van der Waals surface area (Å²) in [5.74, 6) is 1.60. The molecule has 20 heavy (non-hydrogen) atoms. The molecule has 0 spiro atoms. The molecule has 1 aliphatic heterocycles. The van der Waals surface area contributed by atoms with Crippen LogP contribution in [-0.2, 0) is 0 Å². The highest BCUT2D eigenvalue weighted by Gasteiger charge is 2.31. The molecular formula is C17H28N2S. The smallest absolute Gasteiger partial charge is 0.0475 e. The van der Waals surface area contributed by atoms with Crippen LogP contribution >= 0.6 is 11.3 Å². The van der Waals surface area contributed by atoms with E-state index in [1.54, 1.807) is 0 Å². The van der Waals surface area contributed by atoms with Gasteiger partial charge in [0.15, 0.2) is 0 Å². The number of thiophene rings is 1. The van der Waals surface area contributed by atoms with Gasteiger partial charge in [-0.3, -0.25) is 0 Å². The van der Waals surface area contributed by atoms with Crippen LogP contribution < -0.4 is 10.2 Å². The van der Waals surface area contributed by atoms with Crippen molar-refractivity contribution >= 4 is 17.0 Å². The summed E-state index contributed by atoms with van der Waals surface area (Å²) < 4.78 is 0. The summed E-state index contributed by atoms with van der Waals surface area (Å²) in [7, 11) is 0. The van der Waals surface area contributed by atoms with Gasteiger partial charge < -0.3 is 10.2 Å². The Morgan fingerprint density at radius 1 is 1.20 bits per heavy atom. The minimum atomic E-state index is 0.680. The van der Waals surface area contributed by atoms with Gasteiger partial charge in [0.05, 0.1) is 0 Å². The van der Waals surface area contributed by atoms with Crippen LogP contribution in [0.4, 0.5) is 5.69 Å². The van der Waals surface area contributed by atoms with Crippen molar-refractivity contribution < 1.29 is 0 Å². The van der Waals surface area contributed by atoms with E-state index in [2.05, 4.69) is 40.9 Å². The van der Waals surface area contributed by atoms with Gasteiger partial charge in [-0.05, 0) is 42.5 Å². The molecule has 0 amide bonds. The first kappa shape index (κ1) is 14.4. The van der Waals surface area contributed by atoms with E-state index in [-0.39, 0.29) is 0 Å². The van der Waals surface area contributed by atoms with Gasteiger partial charge in [0.25, 0.3) is 0 Å². The van der Waals surface area contributed by atoms with Gasteiger partial charge in [0.1, 0.15) is 0 Å². The first-order valence-corrected chi connectivity index (χ1v) is 9.20. The number of rotatable bonds is 4. The largest absolute Gasteiger partial charge is 0.369 e. The molecule has 2 unspecified atom stereocenters. The summed E-state index contributed by atoms with van der Waals surface area (Å²) in [5.41, 5.74) is 1.43. The molecular weight excluding hydrogens is 264 g/mol. The predicted octanol–water partition coefficient (Wildman–Crippen LogP) is 4.13. The lowest BCUT2D eigenvalue weighted by Gasteiger charge is -2.41. The Kier molecular flexibility index (Phi) is 4.67. The minimum absolute atomic E-state index is 0.680. The van der Waals surface area contributed by atoms with Crippen molar-refractivity contribution in [2.75, 3.05) is 18.0 Å². The molecule has 1 aromatic rings. The van der Waals surface area contributed by atoms with Gasteiger partial charge in [0.2, 0.25) is 0 Å². The Balaban J connectivity index is 1.66. The highest BCUT2D eigenvalue weighted by molar-refractivity contribution is 7.08. The maximum absolute atomic E-state index is 3.96. The van der Waals surface area contributed by atoms with E-state index in [4.69, 9.17) is 0 Å². The SMILES string of the molecule is CC(C)C1CC(NC2CCCC2)CN(c2ccsc2)C1. The van der Waals surface area contributed by atoms with Gasteiger partial charge in [0, 0.05) is 36.2 Å².